The van der Waals surface area contributed by atoms with Crippen LogP contribution in [0, 0.1) is 0 Å². The predicted molar refractivity (Wildman–Crippen MR) is 87.8 cm³/mol. The van der Waals surface area contributed by atoms with Crippen molar-refractivity contribution in [1.29, 1.82) is 0 Å². The van der Waals surface area contributed by atoms with E-state index in [1.54, 1.807) is 0 Å². The highest BCUT2D eigenvalue weighted by Crippen LogP contribution is 2.24. The molecule has 0 radical (unpaired) electrons. The Balaban J connectivity index is 0.00000180. The third-order valence-electron chi connectivity index (χ3n) is 4.32. The van der Waals surface area contributed by atoms with Gasteiger partial charge in [0.2, 0.25) is 5.91 Å². The van der Waals surface area contributed by atoms with Gasteiger partial charge < -0.3 is 10.6 Å². The quantitative estimate of drug-likeness (QED) is 0.860. The molecular formula is C14H29Cl2N3O. The number of rotatable bonds is 4. The molecule has 1 saturated heterocycles. The van der Waals surface area contributed by atoms with Crippen molar-refractivity contribution in [3.05, 3.63) is 0 Å². The zero-order valence-electron chi connectivity index (χ0n) is 12.3. The third kappa shape index (κ3) is 5.76. The van der Waals surface area contributed by atoms with Crippen molar-refractivity contribution in [2.45, 2.75) is 51.0 Å². The van der Waals surface area contributed by atoms with Crippen LogP contribution in [0.25, 0.3) is 0 Å². The zero-order valence-corrected chi connectivity index (χ0v) is 13.9. The van der Waals surface area contributed by atoms with Crippen molar-refractivity contribution >= 4 is 30.7 Å². The molecule has 0 atom stereocenters. The zero-order chi connectivity index (χ0) is 12.8. The van der Waals surface area contributed by atoms with Crippen LogP contribution in [0.1, 0.15) is 44.9 Å². The lowest BCUT2D eigenvalue weighted by molar-refractivity contribution is -0.131. The fourth-order valence-corrected chi connectivity index (χ4v) is 3.23. The Morgan fingerprint density at radius 2 is 1.70 bits per heavy atom. The van der Waals surface area contributed by atoms with Crippen LogP contribution in [0.15, 0.2) is 0 Å². The molecule has 20 heavy (non-hydrogen) atoms. The van der Waals surface area contributed by atoms with Crippen LogP contribution in [-0.2, 0) is 4.79 Å². The van der Waals surface area contributed by atoms with Crippen LogP contribution in [0.5, 0.6) is 0 Å². The Kier molecular flexibility index (Phi) is 10.6. The van der Waals surface area contributed by atoms with Gasteiger partial charge in [-0.15, -0.1) is 24.8 Å². The number of hydrogen-bond acceptors (Lipinski definition) is 3. The average molecular weight is 326 g/mol. The second kappa shape index (κ2) is 10.7. The number of carbonyl (C=O) groups is 1. The summed E-state index contributed by atoms with van der Waals surface area (Å²) in [5.74, 6) is 0.300. The van der Waals surface area contributed by atoms with E-state index < -0.39 is 0 Å². The van der Waals surface area contributed by atoms with E-state index in [2.05, 4.69) is 4.90 Å². The standard InChI is InChI=1S/C14H27N3O.2ClH/c15-8-3-7-14(18)17-10-4-9-16(11-12-17)13-5-1-2-6-13;;/h13H,1-12,15H2;2*1H. The summed E-state index contributed by atoms with van der Waals surface area (Å²) in [7, 11) is 0. The van der Waals surface area contributed by atoms with E-state index in [1.165, 1.54) is 32.2 Å². The molecule has 0 aromatic carbocycles. The molecule has 120 valence electrons. The molecule has 0 aromatic heterocycles. The number of halogens is 2. The van der Waals surface area contributed by atoms with Gasteiger partial charge in [-0.1, -0.05) is 12.8 Å². The second-order valence-corrected chi connectivity index (χ2v) is 5.60. The monoisotopic (exact) mass is 325 g/mol. The van der Waals surface area contributed by atoms with E-state index >= 15 is 0 Å². The Hall–Kier alpha value is -0.0300. The SMILES string of the molecule is Cl.Cl.NCCCC(=O)N1CCCN(C2CCCC2)CC1. The first-order chi connectivity index (χ1) is 8.81. The number of nitrogens with zero attached hydrogens (tertiary/aromatic N) is 2. The van der Waals surface area contributed by atoms with Gasteiger partial charge in [0.15, 0.2) is 0 Å². The molecule has 2 aliphatic rings. The number of hydrogen-bond donors (Lipinski definition) is 1. The smallest absolute Gasteiger partial charge is 0.222 e. The van der Waals surface area contributed by atoms with Crippen LogP contribution < -0.4 is 5.73 Å². The molecule has 2 fully saturated rings. The van der Waals surface area contributed by atoms with Gasteiger partial charge in [0.25, 0.3) is 0 Å². The molecule has 1 heterocycles. The summed E-state index contributed by atoms with van der Waals surface area (Å²) in [6.07, 6.45) is 8.08. The van der Waals surface area contributed by atoms with Gasteiger partial charge in [0.1, 0.15) is 0 Å². The van der Waals surface area contributed by atoms with E-state index in [0.29, 0.717) is 18.9 Å². The first kappa shape index (κ1) is 20.0. The minimum atomic E-state index is 0. The summed E-state index contributed by atoms with van der Waals surface area (Å²) in [5.41, 5.74) is 5.46. The maximum Gasteiger partial charge on any atom is 0.222 e. The molecule has 2 rings (SSSR count). The molecule has 0 spiro atoms. The van der Waals surface area contributed by atoms with Crippen molar-refractivity contribution in [2.75, 3.05) is 32.7 Å². The molecule has 0 unspecified atom stereocenters. The molecule has 0 bridgehead atoms. The molecule has 0 aromatic rings. The van der Waals surface area contributed by atoms with Gasteiger partial charge in [0.05, 0.1) is 0 Å². The molecule has 1 aliphatic carbocycles. The third-order valence-corrected chi connectivity index (χ3v) is 4.32. The van der Waals surface area contributed by atoms with E-state index in [-0.39, 0.29) is 24.8 Å². The molecular weight excluding hydrogens is 297 g/mol. The normalized spacial score (nSPS) is 20.9. The lowest BCUT2D eigenvalue weighted by Gasteiger charge is -2.27. The van der Waals surface area contributed by atoms with E-state index in [1.807, 2.05) is 4.90 Å². The van der Waals surface area contributed by atoms with Gasteiger partial charge in [-0.3, -0.25) is 9.69 Å². The van der Waals surface area contributed by atoms with Crippen molar-refractivity contribution in [3.8, 4) is 0 Å². The highest BCUT2D eigenvalue weighted by Gasteiger charge is 2.25. The minimum Gasteiger partial charge on any atom is -0.341 e. The highest BCUT2D eigenvalue weighted by atomic mass is 35.5. The van der Waals surface area contributed by atoms with Crippen LogP contribution in [-0.4, -0.2) is 54.5 Å². The Bertz CT molecular complexity index is 273. The molecule has 6 heteroatoms. The maximum absolute atomic E-state index is 12.0. The maximum atomic E-state index is 12.0. The lowest BCUT2D eigenvalue weighted by Crippen LogP contribution is -2.38. The summed E-state index contributed by atoms with van der Waals surface area (Å²) in [5, 5.41) is 0. The van der Waals surface area contributed by atoms with Crippen molar-refractivity contribution < 1.29 is 4.79 Å². The Labute approximate surface area is 135 Å². The average Bonchev–Trinajstić information content (AvgIpc) is 2.80. The lowest BCUT2D eigenvalue weighted by atomic mass is 10.2. The largest absolute Gasteiger partial charge is 0.341 e. The number of amides is 1. The summed E-state index contributed by atoms with van der Waals surface area (Å²) in [6, 6.07) is 0.795. The highest BCUT2D eigenvalue weighted by molar-refractivity contribution is 5.85. The second-order valence-electron chi connectivity index (χ2n) is 5.60. The Morgan fingerprint density at radius 3 is 2.35 bits per heavy atom. The van der Waals surface area contributed by atoms with Gasteiger partial charge in [-0.05, 0) is 32.2 Å². The summed E-state index contributed by atoms with van der Waals surface area (Å²) < 4.78 is 0. The van der Waals surface area contributed by atoms with Crippen LogP contribution in [0.4, 0.5) is 0 Å². The minimum absolute atomic E-state index is 0. The van der Waals surface area contributed by atoms with Gasteiger partial charge >= 0.3 is 0 Å². The van der Waals surface area contributed by atoms with Crippen LogP contribution in [0.3, 0.4) is 0 Å². The molecule has 2 N–H and O–H groups in total. The van der Waals surface area contributed by atoms with Crippen molar-refractivity contribution in [2.24, 2.45) is 5.73 Å². The molecule has 4 nitrogen and oxygen atoms in total. The van der Waals surface area contributed by atoms with Gasteiger partial charge in [-0.2, -0.15) is 0 Å². The van der Waals surface area contributed by atoms with E-state index in [9.17, 15) is 4.79 Å². The fourth-order valence-electron chi connectivity index (χ4n) is 3.23. The molecule has 1 saturated carbocycles. The van der Waals surface area contributed by atoms with E-state index in [0.717, 1.165) is 38.5 Å². The van der Waals surface area contributed by atoms with Crippen molar-refractivity contribution in [1.82, 2.24) is 9.80 Å². The number of nitrogens with two attached hydrogens (primary N) is 1. The fraction of sp³-hybridized carbons (Fsp3) is 0.929. The first-order valence-corrected chi connectivity index (χ1v) is 7.53. The topological polar surface area (TPSA) is 49.6 Å². The Morgan fingerprint density at radius 1 is 1.00 bits per heavy atom. The predicted octanol–water partition coefficient (Wildman–Crippen LogP) is 2.05. The van der Waals surface area contributed by atoms with Gasteiger partial charge in [-0.25, -0.2) is 0 Å². The molecule has 1 amide bonds. The van der Waals surface area contributed by atoms with Crippen molar-refractivity contribution in [3.63, 3.8) is 0 Å². The first-order valence-electron chi connectivity index (χ1n) is 7.53. The summed E-state index contributed by atoms with van der Waals surface area (Å²) in [4.78, 5) is 16.7. The summed E-state index contributed by atoms with van der Waals surface area (Å²) in [6.45, 7) is 4.71. The number of carbonyl (C=O) groups excluding carboxylic acids is 1. The molecule has 1 aliphatic heterocycles. The summed E-state index contributed by atoms with van der Waals surface area (Å²) >= 11 is 0. The van der Waals surface area contributed by atoms with Gasteiger partial charge in [0, 0.05) is 38.6 Å². The van der Waals surface area contributed by atoms with E-state index in [4.69, 9.17) is 5.73 Å². The van der Waals surface area contributed by atoms with Crippen LogP contribution in [0.2, 0.25) is 0 Å². The van der Waals surface area contributed by atoms with Crippen LogP contribution >= 0.6 is 24.8 Å².